The summed E-state index contributed by atoms with van der Waals surface area (Å²) in [4.78, 5) is 36.1. The summed E-state index contributed by atoms with van der Waals surface area (Å²) in [6.07, 6.45) is 5.23. The zero-order chi connectivity index (χ0) is 30.9. The molecule has 0 radical (unpaired) electrons. The number of halogens is 2. The molecule has 2 saturated carbocycles. The predicted octanol–water partition coefficient (Wildman–Crippen LogP) is 6.39. The molecule has 2 aliphatic carbocycles. The molecule has 3 aromatic heterocycles. The third kappa shape index (κ3) is 7.56. The maximum absolute atomic E-state index is 13.9. The molecule has 0 bridgehead atoms. The summed E-state index contributed by atoms with van der Waals surface area (Å²) < 4.78 is 40.3. The smallest absolute Gasteiger partial charge is 0.416 e. The van der Waals surface area contributed by atoms with E-state index in [4.69, 9.17) is 9.15 Å². The summed E-state index contributed by atoms with van der Waals surface area (Å²) in [6, 6.07) is 3.16. The second-order valence-corrected chi connectivity index (χ2v) is 12.4. The van der Waals surface area contributed by atoms with Gasteiger partial charge in [-0.25, -0.2) is 23.5 Å². The molecule has 2 N–H and O–H groups in total. The molecule has 43 heavy (non-hydrogen) atoms. The molecule has 0 aliphatic heterocycles. The number of aromatic nitrogens is 4. The van der Waals surface area contributed by atoms with Gasteiger partial charge >= 0.3 is 6.09 Å². The monoisotopic (exact) mass is 600 g/mol. The highest BCUT2D eigenvalue weighted by Crippen LogP contribution is 2.36. The number of oxazole rings is 1. The molecule has 5 rings (SSSR count). The Kier molecular flexibility index (Phi) is 8.81. The van der Waals surface area contributed by atoms with Crippen LogP contribution in [-0.2, 0) is 4.74 Å². The molecule has 0 spiro atoms. The van der Waals surface area contributed by atoms with Crippen LogP contribution in [-0.4, -0.2) is 55.1 Å². The first-order valence-corrected chi connectivity index (χ1v) is 14.7. The van der Waals surface area contributed by atoms with E-state index in [1.807, 2.05) is 0 Å². The number of pyridine rings is 1. The summed E-state index contributed by atoms with van der Waals surface area (Å²) in [7, 11) is 0. The number of ether oxygens (including phenoxy) is 1. The van der Waals surface area contributed by atoms with E-state index in [0.29, 0.717) is 36.7 Å². The van der Waals surface area contributed by atoms with Crippen LogP contribution >= 0.6 is 0 Å². The van der Waals surface area contributed by atoms with Crippen molar-refractivity contribution in [2.45, 2.75) is 90.4 Å². The van der Waals surface area contributed by atoms with Gasteiger partial charge in [-0.2, -0.15) is 5.10 Å². The van der Waals surface area contributed by atoms with Gasteiger partial charge in [-0.05, 0) is 90.2 Å². The van der Waals surface area contributed by atoms with E-state index in [1.165, 1.54) is 22.0 Å². The number of hydrogen-bond donors (Lipinski definition) is 2. The first kappa shape index (κ1) is 30.6. The summed E-state index contributed by atoms with van der Waals surface area (Å²) in [5, 5.41) is 16.5. The Morgan fingerprint density at radius 1 is 1.21 bits per heavy atom. The normalized spacial score (nSPS) is 19.7. The van der Waals surface area contributed by atoms with Crippen LogP contribution in [0.5, 0.6) is 0 Å². The zero-order valence-corrected chi connectivity index (χ0v) is 24.8. The number of rotatable bonds is 9. The van der Waals surface area contributed by atoms with Gasteiger partial charge in [0, 0.05) is 24.5 Å². The number of nitrogens with one attached hydrogen (secondary N) is 1. The number of nitrogens with zero attached hydrogens (tertiary/aromatic N) is 5. The van der Waals surface area contributed by atoms with Crippen molar-refractivity contribution in [3.8, 4) is 11.5 Å². The standard InChI is InChI=1S/C30H38F2N6O5/c1-17(39)19-7-9-21(10-8-19)38-15-22(25(36-38)26(31)32)34-27(40)23-16-42-28(35-23)20-11-12-33-24(13-20)37(14-18-5-6-18)29(41)43-30(2,3)4/h11-13,15-19,21,26,39H,5-10,14H2,1-4H3,(H,34,40)/t17?,19-,21-. The van der Waals surface area contributed by atoms with Crippen LogP contribution in [0.25, 0.3) is 11.5 Å². The Morgan fingerprint density at radius 3 is 2.56 bits per heavy atom. The summed E-state index contributed by atoms with van der Waals surface area (Å²) in [6.45, 7) is 7.61. The van der Waals surface area contributed by atoms with Crippen molar-refractivity contribution in [3.05, 3.63) is 42.2 Å². The number of carbonyl (C=O) groups is 2. The minimum Gasteiger partial charge on any atom is -0.444 e. The molecule has 232 valence electrons. The van der Waals surface area contributed by atoms with E-state index in [9.17, 15) is 23.5 Å². The van der Waals surface area contributed by atoms with Crippen molar-refractivity contribution >= 4 is 23.5 Å². The second-order valence-electron chi connectivity index (χ2n) is 12.4. The molecule has 1 unspecified atom stereocenters. The molecule has 1 atom stereocenters. The van der Waals surface area contributed by atoms with Crippen LogP contribution in [0.4, 0.5) is 25.1 Å². The Bertz CT molecular complexity index is 1440. The molecule has 3 aromatic rings. The first-order valence-electron chi connectivity index (χ1n) is 14.7. The Morgan fingerprint density at radius 2 is 1.93 bits per heavy atom. The fraction of sp³-hybridized carbons (Fsp3) is 0.567. The van der Waals surface area contributed by atoms with E-state index in [-0.39, 0.29) is 29.2 Å². The van der Waals surface area contributed by atoms with Crippen LogP contribution in [0.1, 0.15) is 94.9 Å². The quantitative estimate of drug-likeness (QED) is 0.289. The first-order chi connectivity index (χ1) is 20.4. The van der Waals surface area contributed by atoms with Crippen molar-refractivity contribution in [1.82, 2.24) is 19.7 Å². The molecule has 2 amide bonds. The molecular formula is C30H38F2N6O5. The fourth-order valence-electron chi connectivity index (χ4n) is 5.23. The predicted molar refractivity (Wildman–Crippen MR) is 154 cm³/mol. The highest BCUT2D eigenvalue weighted by molar-refractivity contribution is 6.03. The minimum atomic E-state index is -2.89. The lowest BCUT2D eigenvalue weighted by Crippen LogP contribution is -2.38. The topological polar surface area (TPSA) is 136 Å². The maximum Gasteiger partial charge on any atom is 0.416 e. The van der Waals surface area contributed by atoms with Crippen molar-refractivity contribution in [2.24, 2.45) is 11.8 Å². The molecule has 3 heterocycles. The maximum atomic E-state index is 13.9. The number of carbonyl (C=O) groups excluding carboxylic acids is 2. The number of aliphatic hydroxyl groups is 1. The van der Waals surface area contributed by atoms with Crippen LogP contribution in [0.15, 0.2) is 35.2 Å². The van der Waals surface area contributed by atoms with E-state index in [1.54, 1.807) is 39.8 Å². The summed E-state index contributed by atoms with van der Waals surface area (Å²) in [5.74, 6) is 0.282. The third-order valence-electron chi connectivity index (χ3n) is 7.77. The summed E-state index contributed by atoms with van der Waals surface area (Å²) >= 11 is 0. The van der Waals surface area contributed by atoms with Gasteiger partial charge in [0.2, 0.25) is 5.89 Å². The van der Waals surface area contributed by atoms with Gasteiger partial charge in [0.15, 0.2) is 11.4 Å². The average Bonchev–Trinajstić information content (AvgIpc) is 3.45. The number of anilines is 2. The van der Waals surface area contributed by atoms with Gasteiger partial charge < -0.3 is 19.6 Å². The number of hydrogen-bond acceptors (Lipinski definition) is 8. The minimum absolute atomic E-state index is 0.0959. The highest BCUT2D eigenvalue weighted by Gasteiger charge is 2.32. The molecule has 0 saturated heterocycles. The lowest BCUT2D eigenvalue weighted by atomic mass is 9.83. The van der Waals surface area contributed by atoms with Crippen LogP contribution in [0.3, 0.4) is 0 Å². The van der Waals surface area contributed by atoms with Gasteiger partial charge in [0.1, 0.15) is 17.7 Å². The van der Waals surface area contributed by atoms with Crippen molar-refractivity contribution in [1.29, 1.82) is 0 Å². The van der Waals surface area contributed by atoms with Crippen molar-refractivity contribution in [2.75, 3.05) is 16.8 Å². The van der Waals surface area contributed by atoms with E-state index >= 15 is 0 Å². The molecule has 11 nitrogen and oxygen atoms in total. The lowest BCUT2D eigenvalue weighted by Gasteiger charge is -2.30. The van der Waals surface area contributed by atoms with Gasteiger partial charge in [-0.3, -0.25) is 14.4 Å². The zero-order valence-electron chi connectivity index (χ0n) is 24.8. The molecule has 13 heteroatoms. The van der Waals surface area contributed by atoms with Gasteiger partial charge in [0.05, 0.1) is 17.8 Å². The lowest BCUT2D eigenvalue weighted by molar-refractivity contribution is 0.0577. The Hall–Kier alpha value is -3.87. The van der Waals surface area contributed by atoms with Gasteiger partial charge in [0.25, 0.3) is 12.3 Å². The molecule has 2 fully saturated rings. The van der Waals surface area contributed by atoms with E-state index in [2.05, 4.69) is 20.4 Å². The van der Waals surface area contributed by atoms with Crippen LogP contribution in [0.2, 0.25) is 0 Å². The largest absolute Gasteiger partial charge is 0.444 e. The number of amides is 2. The highest BCUT2D eigenvalue weighted by atomic mass is 19.3. The van der Waals surface area contributed by atoms with Crippen LogP contribution in [0, 0.1) is 11.8 Å². The Balaban J connectivity index is 1.31. The SMILES string of the molecule is CC(O)[C@H]1CC[C@H](n2cc(NC(=O)c3coc(-c4ccnc(N(CC5CC5)C(=O)OC(C)(C)C)c4)n3)c(C(F)F)n2)CC1. The molecular weight excluding hydrogens is 562 g/mol. The fourth-order valence-corrected chi connectivity index (χ4v) is 5.23. The number of alkyl halides is 2. The van der Waals surface area contributed by atoms with Crippen molar-refractivity contribution in [3.63, 3.8) is 0 Å². The second kappa shape index (κ2) is 12.4. The Labute approximate surface area is 248 Å². The molecule has 2 aliphatic rings. The number of aliphatic hydroxyl groups excluding tert-OH is 1. The third-order valence-corrected chi connectivity index (χ3v) is 7.77. The van der Waals surface area contributed by atoms with Crippen LogP contribution < -0.4 is 10.2 Å². The van der Waals surface area contributed by atoms with Gasteiger partial charge in [-0.15, -0.1) is 0 Å². The van der Waals surface area contributed by atoms with E-state index < -0.39 is 35.8 Å². The van der Waals surface area contributed by atoms with E-state index in [0.717, 1.165) is 31.9 Å². The van der Waals surface area contributed by atoms with Crippen molar-refractivity contribution < 1.29 is 32.6 Å². The molecule has 0 aromatic carbocycles. The van der Waals surface area contributed by atoms with Gasteiger partial charge in [-0.1, -0.05) is 0 Å². The summed E-state index contributed by atoms with van der Waals surface area (Å²) in [5.41, 5.74) is -0.934. The average molecular weight is 601 g/mol.